The van der Waals surface area contributed by atoms with Crippen LogP contribution in [0.5, 0.6) is 0 Å². The van der Waals surface area contributed by atoms with E-state index < -0.39 is 9.84 Å². The Labute approximate surface area is 115 Å². The average molecular weight is 292 g/mol. The predicted molar refractivity (Wildman–Crippen MR) is 77.5 cm³/mol. The first kappa shape index (κ1) is 14.6. The lowest BCUT2D eigenvalue weighted by Gasteiger charge is -2.38. The SMILES string of the molecule is CS(=O)(=O)C1CSCCN1CC1CCCC(N)C1. The van der Waals surface area contributed by atoms with Gasteiger partial charge in [-0.25, -0.2) is 8.42 Å². The van der Waals surface area contributed by atoms with Gasteiger partial charge in [-0.2, -0.15) is 11.8 Å². The van der Waals surface area contributed by atoms with Crippen molar-refractivity contribution in [2.75, 3.05) is 30.9 Å². The fraction of sp³-hybridized carbons (Fsp3) is 1.00. The van der Waals surface area contributed by atoms with E-state index in [9.17, 15) is 8.42 Å². The summed E-state index contributed by atoms with van der Waals surface area (Å²) in [5.74, 6) is 2.35. The first-order valence-corrected chi connectivity index (χ1v) is 9.84. The summed E-state index contributed by atoms with van der Waals surface area (Å²) in [4.78, 5) is 2.18. The molecule has 1 heterocycles. The van der Waals surface area contributed by atoms with Gasteiger partial charge in [0.2, 0.25) is 0 Å². The highest BCUT2D eigenvalue weighted by molar-refractivity contribution is 8.00. The Bertz CT molecular complexity index is 372. The third-order valence-electron chi connectivity index (χ3n) is 4.00. The highest BCUT2D eigenvalue weighted by Gasteiger charge is 2.33. The van der Waals surface area contributed by atoms with E-state index in [2.05, 4.69) is 4.90 Å². The maximum atomic E-state index is 11.8. The van der Waals surface area contributed by atoms with Gasteiger partial charge in [-0.15, -0.1) is 0 Å². The standard InChI is InChI=1S/C12H24N2O2S2/c1-18(15,16)12-9-17-6-5-14(12)8-10-3-2-4-11(13)7-10/h10-12H,2-9,13H2,1H3. The van der Waals surface area contributed by atoms with Crippen LogP contribution in [0.15, 0.2) is 0 Å². The normalized spacial score (nSPS) is 35.6. The van der Waals surface area contributed by atoms with Crippen molar-refractivity contribution in [3.05, 3.63) is 0 Å². The van der Waals surface area contributed by atoms with E-state index in [1.54, 1.807) is 11.8 Å². The molecule has 0 radical (unpaired) electrons. The fourth-order valence-electron chi connectivity index (χ4n) is 3.05. The van der Waals surface area contributed by atoms with Crippen LogP contribution in [0.2, 0.25) is 0 Å². The number of nitrogens with zero attached hydrogens (tertiary/aromatic N) is 1. The molecule has 1 saturated heterocycles. The van der Waals surface area contributed by atoms with Gasteiger partial charge in [-0.05, 0) is 25.2 Å². The smallest absolute Gasteiger partial charge is 0.164 e. The van der Waals surface area contributed by atoms with E-state index in [4.69, 9.17) is 5.73 Å². The molecule has 2 N–H and O–H groups in total. The van der Waals surface area contributed by atoms with Gasteiger partial charge in [0.1, 0.15) is 5.37 Å². The Morgan fingerprint density at radius 1 is 1.39 bits per heavy atom. The zero-order valence-electron chi connectivity index (χ0n) is 11.0. The molecule has 0 aromatic heterocycles. The lowest BCUT2D eigenvalue weighted by molar-refractivity contribution is 0.190. The molecule has 0 aromatic carbocycles. The Balaban J connectivity index is 1.97. The van der Waals surface area contributed by atoms with Gasteiger partial charge in [-0.3, -0.25) is 4.90 Å². The van der Waals surface area contributed by atoms with Crippen molar-refractivity contribution < 1.29 is 8.42 Å². The van der Waals surface area contributed by atoms with Crippen molar-refractivity contribution in [3.63, 3.8) is 0 Å². The second-order valence-electron chi connectivity index (χ2n) is 5.65. The summed E-state index contributed by atoms with van der Waals surface area (Å²) < 4.78 is 23.6. The summed E-state index contributed by atoms with van der Waals surface area (Å²) in [5, 5.41) is -0.283. The molecule has 4 nitrogen and oxygen atoms in total. The number of hydrogen-bond donors (Lipinski definition) is 1. The van der Waals surface area contributed by atoms with E-state index in [0.717, 1.165) is 37.4 Å². The van der Waals surface area contributed by atoms with Gasteiger partial charge in [0, 0.05) is 36.9 Å². The van der Waals surface area contributed by atoms with Crippen molar-refractivity contribution in [3.8, 4) is 0 Å². The number of sulfone groups is 1. The molecule has 106 valence electrons. The Morgan fingerprint density at radius 2 is 2.17 bits per heavy atom. The zero-order chi connectivity index (χ0) is 13.2. The van der Waals surface area contributed by atoms with Gasteiger partial charge in [0.25, 0.3) is 0 Å². The Kier molecular flexibility index (Phi) is 4.97. The molecule has 0 spiro atoms. The van der Waals surface area contributed by atoms with E-state index in [0.29, 0.717) is 12.0 Å². The highest BCUT2D eigenvalue weighted by atomic mass is 32.2. The predicted octanol–water partition coefficient (Wildman–Crippen LogP) is 0.923. The van der Waals surface area contributed by atoms with E-state index in [1.807, 2.05) is 0 Å². The van der Waals surface area contributed by atoms with E-state index in [1.165, 1.54) is 19.1 Å². The molecular weight excluding hydrogens is 268 g/mol. The molecule has 6 heteroatoms. The van der Waals surface area contributed by atoms with Crippen molar-refractivity contribution in [2.45, 2.75) is 37.1 Å². The van der Waals surface area contributed by atoms with Gasteiger partial charge < -0.3 is 5.73 Å². The third kappa shape index (κ3) is 3.85. The summed E-state index contributed by atoms with van der Waals surface area (Å²) in [6.07, 6.45) is 5.94. The minimum Gasteiger partial charge on any atom is -0.328 e. The molecule has 1 saturated carbocycles. The first-order valence-electron chi connectivity index (χ1n) is 6.73. The molecule has 3 atom stereocenters. The molecule has 2 aliphatic rings. The average Bonchev–Trinajstić information content (AvgIpc) is 2.28. The number of thioether (sulfide) groups is 1. The molecule has 0 aromatic rings. The van der Waals surface area contributed by atoms with Crippen LogP contribution in [-0.2, 0) is 9.84 Å². The topological polar surface area (TPSA) is 63.4 Å². The van der Waals surface area contributed by atoms with Crippen molar-refractivity contribution >= 4 is 21.6 Å². The van der Waals surface area contributed by atoms with Gasteiger partial charge in [0.15, 0.2) is 9.84 Å². The van der Waals surface area contributed by atoms with Crippen LogP contribution < -0.4 is 5.73 Å². The largest absolute Gasteiger partial charge is 0.328 e. The van der Waals surface area contributed by atoms with Crippen LogP contribution in [0.1, 0.15) is 25.7 Å². The Hall–Kier alpha value is 0.220. The summed E-state index contributed by atoms with van der Waals surface area (Å²) in [6.45, 7) is 1.81. The van der Waals surface area contributed by atoms with Gasteiger partial charge in [0.05, 0.1) is 0 Å². The quantitative estimate of drug-likeness (QED) is 0.838. The molecule has 1 aliphatic heterocycles. The van der Waals surface area contributed by atoms with Crippen LogP contribution in [0, 0.1) is 5.92 Å². The minimum atomic E-state index is -2.97. The highest BCUT2D eigenvalue weighted by Crippen LogP contribution is 2.27. The number of rotatable bonds is 3. The second-order valence-corrected chi connectivity index (χ2v) is 9.00. The Morgan fingerprint density at radius 3 is 2.83 bits per heavy atom. The monoisotopic (exact) mass is 292 g/mol. The van der Waals surface area contributed by atoms with E-state index in [-0.39, 0.29) is 5.37 Å². The van der Waals surface area contributed by atoms with Crippen molar-refractivity contribution in [1.29, 1.82) is 0 Å². The summed E-state index contributed by atoms with van der Waals surface area (Å²) >= 11 is 1.75. The lowest BCUT2D eigenvalue weighted by Crippen LogP contribution is -2.49. The summed E-state index contributed by atoms with van der Waals surface area (Å²) in [7, 11) is -2.97. The molecule has 0 bridgehead atoms. The molecule has 18 heavy (non-hydrogen) atoms. The van der Waals surface area contributed by atoms with E-state index >= 15 is 0 Å². The fourth-order valence-corrected chi connectivity index (χ4v) is 6.00. The van der Waals surface area contributed by atoms with Crippen LogP contribution in [0.3, 0.4) is 0 Å². The maximum Gasteiger partial charge on any atom is 0.164 e. The number of nitrogens with two attached hydrogens (primary N) is 1. The molecule has 2 fully saturated rings. The van der Waals surface area contributed by atoms with Gasteiger partial charge in [-0.1, -0.05) is 6.42 Å². The zero-order valence-corrected chi connectivity index (χ0v) is 12.7. The van der Waals surface area contributed by atoms with Gasteiger partial charge >= 0.3 is 0 Å². The lowest BCUT2D eigenvalue weighted by atomic mass is 9.86. The molecular formula is C12H24N2O2S2. The molecule has 0 amide bonds. The van der Waals surface area contributed by atoms with Crippen LogP contribution in [-0.4, -0.2) is 55.6 Å². The molecule has 2 rings (SSSR count). The summed E-state index contributed by atoms with van der Waals surface area (Å²) in [5.41, 5.74) is 6.01. The van der Waals surface area contributed by atoms with Crippen LogP contribution in [0.4, 0.5) is 0 Å². The second kappa shape index (κ2) is 6.11. The van der Waals surface area contributed by atoms with Crippen LogP contribution in [0.25, 0.3) is 0 Å². The number of hydrogen-bond acceptors (Lipinski definition) is 5. The third-order valence-corrected chi connectivity index (χ3v) is 6.69. The van der Waals surface area contributed by atoms with Crippen LogP contribution >= 0.6 is 11.8 Å². The molecule has 3 unspecified atom stereocenters. The van der Waals surface area contributed by atoms with Crippen molar-refractivity contribution in [1.82, 2.24) is 4.90 Å². The summed E-state index contributed by atoms with van der Waals surface area (Å²) in [6, 6.07) is 0.319. The maximum absolute atomic E-state index is 11.8. The molecule has 1 aliphatic carbocycles. The first-order chi connectivity index (χ1) is 8.47. The minimum absolute atomic E-state index is 0.283. The van der Waals surface area contributed by atoms with Crippen molar-refractivity contribution in [2.24, 2.45) is 11.7 Å².